The minimum absolute atomic E-state index is 0.0577. The van der Waals surface area contributed by atoms with Crippen LogP contribution in [0.2, 0.25) is 0 Å². The van der Waals surface area contributed by atoms with E-state index in [1.54, 1.807) is 6.07 Å². The van der Waals surface area contributed by atoms with Gasteiger partial charge in [0.25, 0.3) is 0 Å². The molecule has 0 aliphatic carbocycles. The Bertz CT molecular complexity index is 865. The van der Waals surface area contributed by atoms with Crippen molar-refractivity contribution in [1.82, 2.24) is 4.57 Å². The number of anilines is 1. The molecule has 2 aromatic rings. The molecule has 1 heterocycles. The highest BCUT2D eigenvalue weighted by molar-refractivity contribution is 5.96. The van der Waals surface area contributed by atoms with Gasteiger partial charge in [0, 0.05) is 12.3 Å². The highest BCUT2D eigenvalue weighted by atomic mass is 19.4. The Kier molecular flexibility index (Phi) is 4.20. The van der Waals surface area contributed by atoms with E-state index in [-0.39, 0.29) is 11.6 Å². The van der Waals surface area contributed by atoms with Gasteiger partial charge in [-0.1, -0.05) is 0 Å². The third-order valence-corrected chi connectivity index (χ3v) is 3.12. The molecule has 1 aromatic carbocycles. The summed E-state index contributed by atoms with van der Waals surface area (Å²) < 4.78 is 71.5. The molecule has 5 nitrogen and oxygen atoms in total. The van der Waals surface area contributed by atoms with Crippen molar-refractivity contribution in [3.63, 3.8) is 0 Å². The second-order valence-corrected chi connectivity index (χ2v) is 4.56. The molecule has 10 heteroatoms. The molecule has 2 rings (SSSR count). The molecule has 0 aliphatic heterocycles. The maximum Gasteiger partial charge on any atom is 0.421 e. The van der Waals surface area contributed by atoms with Crippen molar-refractivity contribution in [2.45, 2.75) is 6.18 Å². The fraction of sp³-hybridized carbons (Fsp3) is 0.143. The van der Waals surface area contributed by atoms with Crippen LogP contribution in [0.3, 0.4) is 0 Å². The predicted molar refractivity (Wildman–Crippen MR) is 71.2 cm³/mol. The molecule has 0 aliphatic rings. The fourth-order valence-corrected chi connectivity index (χ4v) is 2.14. The van der Waals surface area contributed by atoms with E-state index in [1.165, 1.54) is 0 Å². The normalized spacial score (nSPS) is 11.2. The minimum atomic E-state index is -5.19. The van der Waals surface area contributed by atoms with Gasteiger partial charge in [-0.25, -0.2) is 13.6 Å². The number of esters is 1. The summed E-state index contributed by atoms with van der Waals surface area (Å²) in [6.07, 6.45) is -4.42. The SMILES string of the molecule is COC(=O)c1c(N)c(C#N)cn1-c1cc(F)cc(F)c1C(F)(F)F. The molecule has 1 aromatic heterocycles. The predicted octanol–water partition coefficient (Wildman–Crippen LogP) is 3.01. The van der Waals surface area contributed by atoms with Crippen molar-refractivity contribution in [2.75, 3.05) is 12.8 Å². The molecule has 0 fully saturated rings. The molecule has 0 bridgehead atoms. The molecular formula is C14H8F5N3O2. The molecule has 0 spiro atoms. The second-order valence-electron chi connectivity index (χ2n) is 4.56. The summed E-state index contributed by atoms with van der Waals surface area (Å²) in [7, 11) is 0.933. The maximum absolute atomic E-state index is 13.7. The van der Waals surface area contributed by atoms with Crippen molar-refractivity contribution in [1.29, 1.82) is 5.26 Å². The van der Waals surface area contributed by atoms with E-state index in [4.69, 9.17) is 11.0 Å². The number of carbonyl (C=O) groups is 1. The number of hydrogen-bond acceptors (Lipinski definition) is 4. The second kappa shape index (κ2) is 5.84. The molecule has 24 heavy (non-hydrogen) atoms. The zero-order valence-electron chi connectivity index (χ0n) is 11.9. The number of benzene rings is 1. The first-order chi connectivity index (χ1) is 11.1. The monoisotopic (exact) mass is 345 g/mol. The number of halogens is 5. The summed E-state index contributed by atoms with van der Waals surface area (Å²) >= 11 is 0. The number of carbonyl (C=O) groups excluding carboxylic acids is 1. The smallest absolute Gasteiger partial charge is 0.421 e. The molecule has 0 saturated carbocycles. The van der Waals surface area contributed by atoms with E-state index in [2.05, 4.69) is 4.74 Å². The highest BCUT2D eigenvalue weighted by Crippen LogP contribution is 2.38. The lowest BCUT2D eigenvalue weighted by molar-refractivity contribution is -0.139. The standard InChI is InChI=1S/C14H8F5N3O2/c1-24-13(23)12-11(21)6(4-20)5-22(12)9-3-7(15)2-8(16)10(9)14(17,18)19/h2-3,5H,21H2,1H3. The summed E-state index contributed by atoms with van der Waals surface area (Å²) in [5.74, 6) is -4.36. The Morgan fingerprint density at radius 3 is 2.46 bits per heavy atom. The summed E-state index contributed by atoms with van der Waals surface area (Å²) in [6, 6.07) is 2.00. The van der Waals surface area contributed by atoms with Crippen molar-refractivity contribution >= 4 is 11.7 Å². The molecule has 0 unspecified atom stereocenters. The van der Waals surface area contributed by atoms with Crippen LogP contribution in [0.15, 0.2) is 18.3 Å². The first-order valence-corrected chi connectivity index (χ1v) is 6.17. The van der Waals surface area contributed by atoms with Crippen LogP contribution in [0.5, 0.6) is 0 Å². The average Bonchev–Trinajstić information content (AvgIpc) is 2.80. The van der Waals surface area contributed by atoms with Crippen LogP contribution >= 0.6 is 0 Å². The van der Waals surface area contributed by atoms with E-state index in [9.17, 15) is 26.7 Å². The van der Waals surface area contributed by atoms with Gasteiger partial charge in [0.15, 0.2) is 5.69 Å². The highest BCUT2D eigenvalue weighted by Gasteiger charge is 2.39. The van der Waals surface area contributed by atoms with Crippen molar-refractivity contribution in [3.8, 4) is 11.8 Å². The van der Waals surface area contributed by atoms with Crippen LogP contribution in [-0.4, -0.2) is 17.6 Å². The third-order valence-electron chi connectivity index (χ3n) is 3.12. The summed E-state index contributed by atoms with van der Waals surface area (Å²) in [5.41, 5.74) is 1.23. The van der Waals surface area contributed by atoms with Crippen LogP contribution in [0.1, 0.15) is 21.6 Å². The number of aromatic nitrogens is 1. The van der Waals surface area contributed by atoms with Crippen molar-refractivity contribution < 1.29 is 31.5 Å². The topological polar surface area (TPSA) is 81.0 Å². The summed E-state index contributed by atoms with van der Waals surface area (Å²) in [4.78, 5) is 11.8. The lowest BCUT2D eigenvalue weighted by Gasteiger charge is -2.16. The van der Waals surface area contributed by atoms with E-state index in [0.29, 0.717) is 10.6 Å². The number of methoxy groups -OCH3 is 1. The number of alkyl halides is 3. The number of nitrogens with two attached hydrogens (primary N) is 1. The fourth-order valence-electron chi connectivity index (χ4n) is 2.14. The van der Waals surface area contributed by atoms with Crippen LogP contribution in [0.25, 0.3) is 5.69 Å². The van der Waals surface area contributed by atoms with Crippen LogP contribution in [-0.2, 0) is 10.9 Å². The Morgan fingerprint density at radius 2 is 1.96 bits per heavy atom. The molecule has 126 valence electrons. The van der Waals surface area contributed by atoms with Crippen LogP contribution in [0, 0.1) is 23.0 Å². The van der Waals surface area contributed by atoms with Crippen molar-refractivity contribution in [2.24, 2.45) is 0 Å². The third kappa shape index (κ3) is 2.76. The van der Waals surface area contributed by atoms with Gasteiger partial charge in [-0.15, -0.1) is 0 Å². The van der Waals surface area contributed by atoms with Gasteiger partial charge in [0.05, 0.1) is 24.0 Å². The number of nitriles is 1. The Hall–Kier alpha value is -3.09. The minimum Gasteiger partial charge on any atom is -0.464 e. The zero-order chi connectivity index (χ0) is 18.2. The first kappa shape index (κ1) is 17.3. The van der Waals surface area contributed by atoms with Crippen LogP contribution in [0.4, 0.5) is 27.6 Å². The number of nitrogen functional groups attached to an aromatic ring is 1. The largest absolute Gasteiger partial charge is 0.464 e. The van der Waals surface area contributed by atoms with E-state index < -0.39 is 46.4 Å². The van der Waals surface area contributed by atoms with E-state index >= 15 is 0 Å². The molecule has 0 amide bonds. The first-order valence-electron chi connectivity index (χ1n) is 6.17. The summed E-state index contributed by atoms with van der Waals surface area (Å²) in [5, 5.41) is 8.93. The quantitative estimate of drug-likeness (QED) is 0.670. The van der Waals surface area contributed by atoms with Gasteiger partial charge in [-0.3, -0.25) is 0 Å². The number of ether oxygens (including phenoxy) is 1. The van der Waals surface area contributed by atoms with Gasteiger partial charge >= 0.3 is 12.1 Å². The number of hydrogen-bond donors (Lipinski definition) is 1. The summed E-state index contributed by atoms with van der Waals surface area (Å²) in [6.45, 7) is 0. The molecular weight excluding hydrogens is 337 g/mol. The molecule has 0 saturated heterocycles. The van der Waals surface area contributed by atoms with Gasteiger partial charge < -0.3 is 15.0 Å². The van der Waals surface area contributed by atoms with Crippen molar-refractivity contribution in [3.05, 3.63) is 46.8 Å². The number of nitrogens with zero attached hydrogens (tertiary/aromatic N) is 2. The van der Waals surface area contributed by atoms with E-state index in [1.807, 2.05) is 0 Å². The molecule has 2 N–H and O–H groups in total. The molecule has 0 atom stereocenters. The Morgan fingerprint density at radius 1 is 1.33 bits per heavy atom. The van der Waals surface area contributed by atoms with Gasteiger partial charge in [0.1, 0.15) is 23.3 Å². The lowest BCUT2D eigenvalue weighted by atomic mass is 10.1. The Balaban J connectivity index is 2.93. The zero-order valence-corrected chi connectivity index (χ0v) is 11.9. The average molecular weight is 345 g/mol. The van der Waals surface area contributed by atoms with Gasteiger partial charge in [-0.2, -0.15) is 18.4 Å². The number of rotatable bonds is 2. The Labute approximate surface area is 131 Å². The van der Waals surface area contributed by atoms with Gasteiger partial charge in [-0.05, 0) is 6.07 Å². The van der Waals surface area contributed by atoms with E-state index in [0.717, 1.165) is 13.3 Å². The molecule has 0 radical (unpaired) electrons. The van der Waals surface area contributed by atoms with Gasteiger partial charge in [0.2, 0.25) is 0 Å². The van der Waals surface area contributed by atoms with Crippen LogP contribution < -0.4 is 5.73 Å². The lowest BCUT2D eigenvalue weighted by Crippen LogP contribution is -2.17. The maximum atomic E-state index is 13.7.